The molecule has 0 aromatic heterocycles. The van der Waals surface area contributed by atoms with Gasteiger partial charge in [0.1, 0.15) is 5.54 Å². The molecule has 0 spiro atoms. The van der Waals surface area contributed by atoms with Crippen LogP contribution in [0.25, 0.3) is 0 Å². The molecule has 3 N–H and O–H groups in total. The van der Waals surface area contributed by atoms with E-state index in [1.807, 2.05) is 24.3 Å². The molecule has 0 radical (unpaired) electrons. The number of anilines is 1. The summed E-state index contributed by atoms with van der Waals surface area (Å²) in [6.45, 7) is 1.69. The third-order valence-corrected chi connectivity index (χ3v) is 4.28. The fraction of sp³-hybridized carbons (Fsp3) is 0.133. The topological polar surface area (TPSA) is 55.1 Å². The molecule has 2 aromatic carbocycles. The first-order valence-corrected chi connectivity index (χ1v) is 7.67. The minimum atomic E-state index is -1.14. The molecular formula is C15H13BrCl2N2O. The van der Waals surface area contributed by atoms with Crippen LogP contribution in [0, 0.1) is 0 Å². The Morgan fingerprint density at radius 3 is 2.33 bits per heavy atom. The quantitative estimate of drug-likeness (QED) is 0.807. The molecule has 2 rings (SSSR count). The van der Waals surface area contributed by atoms with Crippen LogP contribution in [0.4, 0.5) is 5.69 Å². The summed E-state index contributed by atoms with van der Waals surface area (Å²) in [4.78, 5) is 12.0. The monoisotopic (exact) mass is 386 g/mol. The lowest BCUT2D eigenvalue weighted by Crippen LogP contribution is -2.45. The molecule has 0 bridgehead atoms. The Bertz CT molecular complexity index is 676. The average Bonchev–Trinajstić information content (AvgIpc) is 2.41. The third kappa shape index (κ3) is 3.51. The fourth-order valence-corrected chi connectivity index (χ4v) is 2.84. The van der Waals surface area contributed by atoms with Crippen LogP contribution in [-0.2, 0) is 10.3 Å². The Balaban J connectivity index is 2.45. The zero-order valence-corrected chi connectivity index (χ0v) is 14.3. The van der Waals surface area contributed by atoms with Gasteiger partial charge in [-0.25, -0.2) is 0 Å². The van der Waals surface area contributed by atoms with E-state index in [0.717, 1.165) is 10.2 Å². The number of carbonyl (C=O) groups excluding carboxylic acids is 1. The van der Waals surface area contributed by atoms with Gasteiger partial charge in [0.15, 0.2) is 0 Å². The van der Waals surface area contributed by atoms with E-state index in [2.05, 4.69) is 21.2 Å². The molecule has 110 valence electrons. The van der Waals surface area contributed by atoms with Crippen molar-refractivity contribution >= 4 is 50.7 Å². The summed E-state index contributed by atoms with van der Waals surface area (Å²) in [6, 6.07) is 12.4. The normalized spacial score (nSPS) is 13.5. The number of hydrogen-bond acceptors (Lipinski definition) is 2. The molecular weight excluding hydrogens is 375 g/mol. The molecule has 0 saturated heterocycles. The first kappa shape index (κ1) is 16.1. The van der Waals surface area contributed by atoms with E-state index in [4.69, 9.17) is 28.9 Å². The Morgan fingerprint density at radius 2 is 1.81 bits per heavy atom. The van der Waals surface area contributed by atoms with Gasteiger partial charge in [0.05, 0.1) is 0 Å². The summed E-state index contributed by atoms with van der Waals surface area (Å²) in [7, 11) is 0. The SMILES string of the molecule is CC(Nc1ccc(Br)cc1)(C(N)=O)c1ccc(Cl)cc1Cl. The Kier molecular flexibility index (Phi) is 4.81. The highest BCUT2D eigenvalue weighted by Gasteiger charge is 2.35. The van der Waals surface area contributed by atoms with E-state index in [9.17, 15) is 4.79 Å². The van der Waals surface area contributed by atoms with Crippen LogP contribution in [0.1, 0.15) is 12.5 Å². The Morgan fingerprint density at radius 1 is 1.19 bits per heavy atom. The number of nitrogens with one attached hydrogen (secondary N) is 1. The van der Waals surface area contributed by atoms with Crippen molar-refractivity contribution in [3.63, 3.8) is 0 Å². The van der Waals surface area contributed by atoms with Crippen molar-refractivity contribution in [3.05, 3.63) is 62.5 Å². The Labute approximate surface area is 141 Å². The second-order valence-corrected chi connectivity index (χ2v) is 6.50. The highest BCUT2D eigenvalue weighted by Crippen LogP contribution is 2.33. The summed E-state index contributed by atoms with van der Waals surface area (Å²) in [6.07, 6.45) is 0. The largest absolute Gasteiger partial charge is 0.368 e. The number of nitrogens with two attached hydrogens (primary N) is 1. The number of primary amides is 1. The Hall–Kier alpha value is -1.23. The molecule has 1 unspecified atom stereocenters. The van der Waals surface area contributed by atoms with Crippen LogP contribution in [-0.4, -0.2) is 5.91 Å². The lowest BCUT2D eigenvalue weighted by molar-refractivity contribution is -0.122. The van der Waals surface area contributed by atoms with Crippen molar-refractivity contribution < 1.29 is 4.79 Å². The van der Waals surface area contributed by atoms with E-state index >= 15 is 0 Å². The molecule has 0 aliphatic carbocycles. The number of amides is 1. The predicted molar refractivity (Wildman–Crippen MR) is 90.8 cm³/mol. The molecule has 0 fully saturated rings. The summed E-state index contributed by atoms with van der Waals surface area (Å²) in [5, 5.41) is 4.02. The molecule has 0 aliphatic rings. The minimum Gasteiger partial charge on any atom is -0.368 e. The smallest absolute Gasteiger partial charge is 0.247 e. The van der Waals surface area contributed by atoms with Gasteiger partial charge in [-0.1, -0.05) is 45.2 Å². The van der Waals surface area contributed by atoms with Crippen molar-refractivity contribution in [2.45, 2.75) is 12.5 Å². The third-order valence-electron chi connectivity index (χ3n) is 3.20. The number of benzene rings is 2. The number of rotatable bonds is 4. The first-order chi connectivity index (χ1) is 9.83. The van der Waals surface area contributed by atoms with Crippen LogP contribution < -0.4 is 11.1 Å². The van der Waals surface area contributed by atoms with Crippen LogP contribution in [0.15, 0.2) is 46.9 Å². The van der Waals surface area contributed by atoms with Crippen LogP contribution in [0.2, 0.25) is 10.0 Å². The van der Waals surface area contributed by atoms with Crippen molar-refractivity contribution in [2.75, 3.05) is 5.32 Å². The second kappa shape index (κ2) is 6.26. The molecule has 3 nitrogen and oxygen atoms in total. The van der Waals surface area contributed by atoms with Gasteiger partial charge in [-0.2, -0.15) is 0 Å². The van der Waals surface area contributed by atoms with E-state index in [0.29, 0.717) is 15.6 Å². The molecule has 21 heavy (non-hydrogen) atoms. The standard InChI is InChI=1S/C15H13BrCl2N2O/c1-15(14(19)21,12-7-4-10(17)8-13(12)18)20-11-5-2-9(16)3-6-11/h2-8,20H,1H3,(H2,19,21). The second-order valence-electron chi connectivity index (χ2n) is 4.75. The van der Waals surface area contributed by atoms with Gasteiger partial charge in [-0.05, 0) is 43.3 Å². The lowest BCUT2D eigenvalue weighted by atomic mass is 9.90. The predicted octanol–water partition coefficient (Wildman–Crippen LogP) is 4.57. The van der Waals surface area contributed by atoms with Crippen molar-refractivity contribution in [3.8, 4) is 0 Å². The van der Waals surface area contributed by atoms with Crippen molar-refractivity contribution in [1.82, 2.24) is 0 Å². The van der Waals surface area contributed by atoms with E-state index in [1.165, 1.54) is 0 Å². The van der Waals surface area contributed by atoms with Gasteiger partial charge in [0.25, 0.3) is 0 Å². The maximum absolute atomic E-state index is 12.0. The van der Waals surface area contributed by atoms with E-state index < -0.39 is 11.4 Å². The molecule has 6 heteroatoms. The van der Waals surface area contributed by atoms with Crippen LogP contribution in [0.3, 0.4) is 0 Å². The fourth-order valence-electron chi connectivity index (χ4n) is 1.98. The van der Waals surface area contributed by atoms with Crippen molar-refractivity contribution in [2.24, 2.45) is 5.73 Å². The van der Waals surface area contributed by atoms with Gasteiger partial charge in [-0.15, -0.1) is 0 Å². The van der Waals surface area contributed by atoms with Gasteiger partial charge in [-0.3, -0.25) is 4.79 Å². The zero-order valence-electron chi connectivity index (χ0n) is 11.2. The maximum Gasteiger partial charge on any atom is 0.247 e. The zero-order chi connectivity index (χ0) is 15.6. The number of carbonyl (C=O) groups is 1. The molecule has 1 atom stereocenters. The molecule has 0 aliphatic heterocycles. The van der Waals surface area contributed by atoms with Gasteiger partial charge >= 0.3 is 0 Å². The summed E-state index contributed by atoms with van der Waals surface area (Å²) < 4.78 is 0.943. The van der Waals surface area contributed by atoms with Crippen molar-refractivity contribution in [1.29, 1.82) is 0 Å². The first-order valence-electron chi connectivity index (χ1n) is 6.12. The number of hydrogen-bond donors (Lipinski definition) is 2. The molecule has 1 amide bonds. The van der Waals surface area contributed by atoms with Crippen LogP contribution in [0.5, 0.6) is 0 Å². The maximum atomic E-state index is 12.0. The molecule has 0 heterocycles. The molecule has 0 saturated carbocycles. The van der Waals surface area contributed by atoms with Gasteiger partial charge in [0.2, 0.25) is 5.91 Å². The highest BCUT2D eigenvalue weighted by atomic mass is 79.9. The lowest BCUT2D eigenvalue weighted by Gasteiger charge is -2.30. The van der Waals surface area contributed by atoms with E-state index in [-0.39, 0.29) is 0 Å². The summed E-state index contributed by atoms with van der Waals surface area (Å²) in [5.74, 6) is -0.533. The van der Waals surface area contributed by atoms with Gasteiger partial charge in [0, 0.05) is 25.8 Å². The number of halogens is 3. The molecule has 2 aromatic rings. The summed E-state index contributed by atoms with van der Waals surface area (Å²) in [5.41, 5.74) is 5.77. The van der Waals surface area contributed by atoms with Gasteiger partial charge < -0.3 is 11.1 Å². The van der Waals surface area contributed by atoms with E-state index in [1.54, 1.807) is 25.1 Å². The minimum absolute atomic E-state index is 0.383. The summed E-state index contributed by atoms with van der Waals surface area (Å²) >= 11 is 15.5. The average molecular weight is 388 g/mol. The van der Waals surface area contributed by atoms with Crippen LogP contribution >= 0.6 is 39.1 Å². The highest BCUT2D eigenvalue weighted by molar-refractivity contribution is 9.10.